The predicted molar refractivity (Wildman–Crippen MR) is 109 cm³/mol. The molecule has 2 heterocycles. The first-order valence-electron chi connectivity index (χ1n) is 8.23. The Morgan fingerprint density at radius 1 is 1.21 bits per heavy atom. The number of ether oxygens (including phenoxy) is 1. The van der Waals surface area contributed by atoms with E-state index in [0.29, 0.717) is 32.6 Å². The minimum Gasteiger partial charge on any atom is -0.381 e. The van der Waals surface area contributed by atoms with E-state index >= 15 is 0 Å². The molecule has 24 heavy (non-hydrogen) atoms. The molecule has 0 bridgehead atoms. The number of hydrogen-bond acceptors (Lipinski definition) is 4. The standard InChI is InChI=1S/C16H31N3O3S.HI/c1-14(2)12-19(15(14,3)4)13(17-5)18-11-16(23(6,20)21)7-9-22-10-8-16;/h7-12H2,1-6H3,(H,17,18);1H. The molecule has 0 aromatic heterocycles. The summed E-state index contributed by atoms with van der Waals surface area (Å²) in [6, 6.07) is 0. The summed E-state index contributed by atoms with van der Waals surface area (Å²) < 4.78 is 29.3. The lowest BCUT2D eigenvalue weighted by Gasteiger charge is -2.62. The van der Waals surface area contributed by atoms with Gasteiger partial charge in [-0.3, -0.25) is 4.99 Å². The Kier molecular flexibility index (Phi) is 6.64. The molecule has 142 valence electrons. The van der Waals surface area contributed by atoms with Gasteiger partial charge in [0.25, 0.3) is 0 Å². The molecule has 0 spiro atoms. The van der Waals surface area contributed by atoms with Crippen LogP contribution in [-0.4, -0.2) is 69.2 Å². The number of likely N-dealkylation sites (tertiary alicyclic amines) is 1. The number of rotatable bonds is 3. The molecule has 2 fully saturated rings. The first kappa shape index (κ1) is 22.0. The van der Waals surface area contributed by atoms with Gasteiger partial charge in [-0.25, -0.2) is 8.42 Å². The van der Waals surface area contributed by atoms with Gasteiger partial charge in [0.1, 0.15) is 0 Å². The fourth-order valence-electron chi connectivity index (χ4n) is 3.36. The molecular formula is C16H32IN3O3S. The average molecular weight is 473 g/mol. The summed E-state index contributed by atoms with van der Waals surface area (Å²) in [7, 11) is -1.42. The van der Waals surface area contributed by atoms with Gasteiger partial charge in [-0.2, -0.15) is 0 Å². The first-order valence-corrected chi connectivity index (χ1v) is 10.1. The van der Waals surface area contributed by atoms with Crippen LogP contribution >= 0.6 is 24.0 Å². The van der Waals surface area contributed by atoms with Gasteiger partial charge in [0.05, 0.1) is 4.75 Å². The zero-order valence-corrected chi connectivity index (χ0v) is 18.8. The fourth-order valence-corrected chi connectivity index (χ4v) is 4.60. The van der Waals surface area contributed by atoms with Crippen LogP contribution in [0.25, 0.3) is 0 Å². The first-order chi connectivity index (χ1) is 10.5. The summed E-state index contributed by atoms with van der Waals surface area (Å²) in [5.74, 6) is 0.781. The molecule has 0 atom stereocenters. The van der Waals surface area contributed by atoms with E-state index in [1.807, 2.05) is 0 Å². The molecule has 0 aromatic rings. The fraction of sp³-hybridized carbons (Fsp3) is 0.938. The normalized spacial score (nSPS) is 25.4. The Labute approximate surface area is 163 Å². The number of hydrogen-bond donors (Lipinski definition) is 1. The third-order valence-electron chi connectivity index (χ3n) is 6.11. The Morgan fingerprint density at radius 3 is 2.12 bits per heavy atom. The van der Waals surface area contributed by atoms with Crippen molar-refractivity contribution >= 4 is 39.8 Å². The summed E-state index contributed by atoms with van der Waals surface area (Å²) in [6.07, 6.45) is 2.40. The summed E-state index contributed by atoms with van der Waals surface area (Å²) >= 11 is 0. The summed E-state index contributed by atoms with van der Waals surface area (Å²) in [4.78, 5) is 6.60. The van der Waals surface area contributed by atoms with E-state index in [0.717, 1.165) is 12.5 Å². The maximum atomic E-state index is 12.3. The van der Waals surface area contributed by atoms with E-state index in [-0.39, 0.29) is 34.9 Å². The molecule has 0 radical (unpaired) electrons. The van der Waals surface area contributed by atoms with Crippen LogP contribution in [0.15, 0.2) is 4.99 Å². The van der Waals surface area contributed by atoms with Crippen molar-refractivity contribution in [3.63, 3.8) is 0 Å². The van der Waals surface area contributed by atoms with Crippen molar-refractivity contribution in [2.45, 2.75) is 50.8 Å². The van der Waals surface area contributed by atoms with Gasteiger partial charge in [-0.05, 0) is 26.7 Å². The number of halogens is 1. The minimum absolute atomic E-state index is 0. The molecule has 2 rings (SSSR count). The Morgan fingerprint density at radius 2 is 1.75 bits per heavy atom. The number of sulfone groups is 1. The van der Waals surface area contributed by atoms with E-state index in [1.54, 1.807) is 7.05 Å². The number of aliphatic imine (C=N–C) groups is 1. The second-order valence-electron chi connectivity index (χ2n) is 8.00. The molecule has 8 heteroatoms. The molecule has 2 aliphatic heterocycles. The SMILES string of the molecule is CN=C(NCC1(S(C)(=O)=O)CCOCC1)N1CC(C)(C)C1(C)C.I. The van der Waals surface area contributed by atoms with Crippen molar-refractivity contribution in [3.05, 3.63) is 0 Å². The van der Waals surface area contributed by atoms with Crippen LogP contribution in [0.4, 0.5) is 0 Å². The van der Waals surface area contributed by atoms with Gasteiger partial charge < -0.3 is 15.0 Å². The quantitative estimate of drug-likeness (QED) is 0.385. The summed E-state index contributed by atoms with van der Waals surface area (Å²) in [6.45, 7) is 11.2. The second-order valence-corrected chi connectivity index (χ2v) is 10.4. The second kappa shape index (κ2) is 7.26. The van der Waals surface area contributed by atoms with Gasteiger partial charge in [-0.15, -0.1) is 24.0 Å². The van der Waals surface area contributed by atoms with E-state index in [1.165, 1.54) is 6.26 Å². The molecule has 1 N–H and O–H groups in total. The average Bonchev–Trinajstić information content (AvgIpc) is 2.46. The highest BCUT2D eigenvalue weighted by Gasteiger charge is 2.54. The van der Waals surface area contributed by atoms with Crippen molar-refractivity contribution in [2.24, 2.45) is 10.4 Å². The smallest absolute Gasteiger partial charge is 0.194 e. The van der Waals surface area contributed by atoms with Gasteiger partial charge in [-0.1, -0.05) is 13.8 Å². The molecule has 2 aliphatic rings. The van der Waals surface area contributed by atoms with E-state index in [2.05, 4.69) is 42.9 Å². The Hall–Kier alpha value is -0.0900. The molecular weight excluding hydrogens is 441 g/mol. The summed E-state index contributed by atoms with van der Waals surface area (Å²) in [5, 5.41) is 3.32. The molecule has 0 saturated carbocycles. The maximum Gasteiger partial charge on any atom is 0.194 e. The van der Waals surface area contributed by atoms with Crippen molar-refractivity contribution in [2.75, 3.05) is 39.6 Å². The van der Waals surface area contributed by atoms with Crippen LogP contribution in [0.5, 0.6) is 0 Å². The van der Waals surface area contributed by atoms with Crippen molar-refractivity contribution in [3.8, 4) is 0 Å². The van der Waals surface area contributed by atoms with Crippen LogP contribution in [0.2, 0.25) is 0 Å². The lowest BCUT2D eigenvalue weighted by molar-refractivity contribution is -0.0669. The van der Waals surface area contributed by atoms with E-state index < -0.39 is 14.6 Å². The third kappa shape index (κ3) is 3.70. The molecule has 0 aromatic carbocycles. The Bertz CT molecular complexity index is 581. The van der Waals surface area contributed by atoms with Crippen LogP contribution in [-0.2, 0) is 14.6 Å². The van der Waals surface area contributed by atoms with E-state index in [4.69, 9.17) is 4.74 Å². The molecule has 0 aliphatic carbocycles. The van der Waals surface area contributed by atoms with Crippen molar-refractivity contribution in [1.82, 2.24) is 10.2 Å². The Balaban J connectivity index is 0.00000288. The number of guanidine groups is 1. The lowest BCUT2D eigenvalue weighted by atomic mass is 9.65. The van der Waals surface area contributed by atoms with Gasteiger partial charge in [0.2, 0.25) is 0 Å². The topological polar surface area (TPSA) is 71.0 Å². The van der Waals surface area contributed by atoms with Crippen LogP contribution in [0.1, 0.15) is 40.5 Å². The molecule has 0 unspecified atom stereocenters. The third-order valence-corrected chi connectivity index (χ3v) is 8.24. The zero-order chi connectivity index (χ0) is 17.5. The minimum atomic E-state index is -3.17. The largest absolute Gasteiger partial charge is 0.381 e. The number of nitrogens with zero attached hydrogens (tertiary/aromatic N) is 2. The van der Waals surface area contributed by atoms with Crippen molar-refractivity contribution in [1.29, 1.82) is 0 Å². The van der Waals surface area contributed by atoms with Crippen molar-refractivity contribution < 1.29 is 13.2 Å². The zero-order valence-electron chi connectivity index (χ0n) is 15.7. The predicted octanol–water partition coefficient (Wildman–Crippen LogP) is 1.89. The highest BCUT2D eigenvalue weighted by Crippen LogP contribution is 2.46. The molecule has 2 saturated heterocycles. The van der Waals surface area contributed by atoms with Gasteiger partial charge in [0, 0.05) is 50.6 Å². The highest BCUT2D eigenvalue weighted by atomic mass is 127. The monoisotopic (exact) mass is 473 g/mol. The van der Waals surface area contributed by atoms with Gasteiger partial charge in [0.15, 0.2) is 15.8 Å². The van der Waals surface area contributed by atoms with Crippen LogP contribution in [0, 0.1) is 5.41 Å². The molecule has 0 amide bonds. The van der Waals surface area contributed by atoms with E-state index in [9.17, 15) is 8.42 Å². The summed E-state index contributed by atoms with van der Waals surface area (Å²) in [5.41, 5.74) is 0.195. The van der Waals surface area contributed by atoms with Gasteiger partial charge >= 0.3 is 0 Å². The number of nitrogens with one attached hydrogen (secondary N) is 1. The molecule has 6 nitrogen and oxygen atoms in total. The maximum absolute atomic E-state index is 12.3. The van der Waals surface area contributed by atoms with Crippen LogP contribution < -0.4 is 5.32 Å². The van der Waals surface area contributed by atoms with Crippen LogP contribution in [0.3, 0.4) is 0 Å². The lowest BCUT2D eigenvalue weighted by Crippen LogP contribution is -2.73. The highest BCUT2D eigenvalue weighted by molar-refractivity contribution is 14.0.